The molecule has 3 aromatic carbocycles. The predicted molar refractivity (Wildman–Crippen MR) is 134 cm³/mol. The quantitative estimate of drug-likeness (QED) is 0.187. The molecule has 0 bridgehead atoms. The van der Waals surface area contributed by atoms with E-state index in [-0.39, 0.29) is 11.7 Å². The van der Waals surface area contributed by atoms with E-state index in [0.717, 1.165) is 35.2 Å². The molecular weight excluding hydrogens is 503 g/mol. The van der Waals surface area contributed by atoms with Crippen LogP contribution in [0.2, 0.25) is 0 Å². The lowest BCUT2D eigenvalue weighted by atomic mass is 9.93. The Morgan fingerprint density at radius 1 is 0.919 bits per heavy atom. The molecule has 1 aliphatic rings. The van der Waals surface area contributed by atoms with E-state index in [1.54, 1.807) is 6.07 Å². The molecule has 0 saturated carbocycles. The number of allylic oxidation sites excluding steroid dienone is 2. The highest BCUT2D eigenvalue weighted by atomic mass is 32.2. The van der Waals surface area contributed by atoms with Crippen molar-refractivity contribution in [3.8, 4) is 28.3 Å². The minimum atomic E-state index is -5.74. The second-order valence-corrected chi connectivity index (χ2v) is 10.2. The highest BCUT2D eigenvalue weighted by Crippen LogP contribution is 2.41. The van der Waals surface area contributed by atoms with Gasteiger partial charge in [-0.3, -0.25) is 0 Å². The van der Waals surface area contributed by atoms with Gasteiger partial charge in [-0.25, -0.2) is 4.98 Å². The number of benzene rings is 3. The van der Waals surface area contributed by atoms with Crippen LogP contribution in [0.4, 0.5) is 13.2 Å². The summed E-state index contributed by atoms with van der Waals surface area (Å²) in [7, 11) is -5.74. The van der Waals surface area contributed by atoms with Gasteiger partial charge in [0, 0.05) is 16.7 Å². The molecule has 1 aliphatic carbocycles. The summed E-state index contributed by atoms with van der Waals surface area (Å²) in [6.07, 6.45) is 4.11. The summed E-state index contributed by atoms with van der Waals surface area (Å²) < 4.78 is 71.6. The SMILES string of the molecule is O=S(=O)(Oc1cccc(CC2CCC=C2c2nc(-c3ccccc3)c(-c3ccccc3)o2)c1)C(F)(F)F. The molecule has 4 aromatic rings. The molecule has 1 unspecified atom stereocenters. The van der Waals surface area contributed by atoms with E-state index in [1.807, 2.05) is 60.7 Å². The molecule has 0 fully saturated rings. The lowest BCUT2D eigenvalue weighted by Crippen LogP contribution is -2.28. The minimum absolute atomic E-state index is 0.0135. The van der Waals surface area contributed by atoms with Gasteiger partial charge >= 0.3 is 15.6 Å². The van der Waals surface area contributed by atoms with Crippen molar-refractivity contribution < 1.29 is 30.2 Å². The fourth-order valence-corrected chi connectivity index (χ4v) is 4.89. The van der Waals surface area contributed by atoms with E-state index >= 15 is 0 Å². The second-order valence-electron chi connectivity index (χ2n) is 8.70. The maximum absolute atomic E-state index is 12.7. The van der Waals surface area contributed by atoms with Gasteiger partial charge < -0.3 is 8.60 Å². The molecule has 1 aromatic heterocycles. The molecule has 0 radical (unpaired) electrons. The van der Waals surface area contributed by atoms with Crippen molar-refractivity contribution in [3.63, 3.8) is 0 Å². The van der Waals surface area contributed by atoms with Crippen LogP contribution in [0.15, 0.2) is 95.4 Å². The Kier molecular flexibility index (Phi) is 6.64. The number of rotatable bonds is 7. The highest BCUT2D eigenvalue weighted by molar-refractivity contribution is 7.88. The first-order chi connectivity index (χ1) is 17.7. The first kappa shape index (κ1) is 24.8. The van der Waals surface area contributed by atoms with Gasteiger partial charge in [-0.05, 0) is 42.9 Å². The van der Waals surface area contributed by atoms with Crippen molar-refractivity contribution in [1.82, 2.24) is 4.98 Å². The van der Waals surface area contributed by atoms with Crippen LogP contribution in [0.1, 0.15) is 24.3 Å². The summed E-state index contributed by atoms with van der Waals surface area (Å²) in [5.74, 6) is 0.751. The van der Waals surface area contributed by atoms with E-state index in [0.29, 0.717) is 23.6 Å². The highest BCUT2D eigenvalue weighted by Gasteiger charge is 2.48. The molecule has 0 aliphatic heterocycles. The number of nitrogens with zero attached hydrogens (tertiary/aromatic N) is 1. The molecule has 0 amide bonds. The zero-order valence-electron chi connectivity index (χ0n) is 19.5. The first-order valence-corrected chi connectivity index (χ1v) is 13.0. The van der Waals surface area contributed by atoms with E-state index in [9.17, 15) is 21.6 Å². The molecule has 1 heterocycles. The fourth-order valence-electron chi connectivity index (χ4n) is 4.44. The van der Waals surface area contributed by atoms with Gasteiger partial charge in [0.05, 0.1) is 0 Å². The maximum atomic E-state index is 12.7. The van der Waals surface area contributed by atoms with Gasteiger partial charge in [-0.15, -0.1) is 0 Å². The monoisotopic (exact) mass is 525 g/mol. The van der Waals surface area contributed by atoms with Crippen LogP contribution in [0.3, 0.4) is 0 Å². The third-order valence-electron chi connectivity index (χ3n) is 6.15. The average molecular weight is 526 g/mol. The molecule has 37 heavy (non-hydrogen) atoms. The van der Waals surface area contributed by atoms with Gasteiger partial charge in [0.2, 0.25) is 5.89 Å². The van der Waals surface area contributed by atoms with E-state index in [1.165, 1.54) is 18.2 Å². The number of alkyl halides is 3. The second kappa shape index (κ2) is 9.89. The van der Waals surface area contributed by atoms with Crippen LogP contribution < -0.4 is 4.18 Å². The predicted octanol–water partition coefficient (Wildman–Crippen LogP) is 7.27. The lowest BCUT2D eigenvalue weighted by Gasteiger charge is -2.14. The largest absolute Gasteiger partial charge is 0.534 e. The van der Waals surface area contributed by atoms with Crippen molar-refractivity contribution in [2.75, 3.05) is 0 Å². The van der Waals surface area contributed by atoms with Gasteiger partial charge in [0.25, 0.3) is 0 Å². The molecule has 0 spiro atoms. The number of halogens is 3. The number of aromatic nitrogens is 1. The maximum Gasteiger partial charge on any atom is 0.534 e. The summed E-state index contributed by atoms with van der Waals surface area (Å²) in [5.41, 5.74) is -1.41. The number of hydrogen-bond donors (Lipinski definition) is 0. The van der Waals surface area contributed by atoms with Crippen molar-refractivity contribution in [3.05, 3.63) is 102 Å². The molecule has 9 heteroatoms. The summed E-state index contributed by atoms with van der Waals surface area (Å²) in [6, 6.07) is 25.1. The van der Waals surface area contributed by atoms with Crippen LogP contribution in [0, 0.1) is 5.92 Å². The molecular formula is C28H22F3NO4S. The zero-order chi connectivity index (χ0) is 26.0. The fraction of sp³-hybridized carbons (Fsp3) is 0.179. The van der Waals surface area contributed by atoms with Crippen molar-refractivity contribution in [2.45, 2.75) is 24.8 Å². The average Bonchev–Trinajstić information content (AvgIpc) is 3.52. The summed E-state index contributed by atoms with van der Waals surface area (Å²) in [6.45, 7) is 0. The Balaban J connectivity index is 1.43. The van der Waals surface area contributed by atoms with Gasteiger partial charge in [0.1, 0.15) is 11.4 Å². The topological polar surface area (TPSA) is 69.4 Å². The standard InChI is InChI=1S/C28H22F3NO4S/c29-28(30,31)37(33,34)36-23-15-7-9-19(18-23)17-22-14-8-16-24(22)27-32-25(20-10-3-1-4-11-20)26(35-27)21-12-5-2-6-13-21/h1-7,9-13,15-16,18,22H,8,14,17H2. The Morgan fingerprint density at radius 2 is 1.59 bits per heavy atom. The molecule has 0 saturated heterocycles. The van der Waals surface area contributed by atoms with Crippen molar-refractivity contribution in [1.29, 1.82) is 0 Å². The Hall–Kier alpha value is -3.85. The number of hydrogen-bond acceptors (Lipinski definition) is 5. The molecule has 0 N–H and O–H groups in total. The zero-order valence-corrected chi connectivity index (χ0v) is 20.3. The van der Waals surface area contributed by atoms with Crippen LogP contribution >= 0.6 is 0 Å². The molecule has 190 valence electrons. The van der Waals surface area contributed by atoms with E-state index in [4.69, 9.17) is 9.40 Å². The molecule has 5 rings (SSSR count). The van der Waals surface area contributed by atoms with Crippen LogP contribution in [0.25, 0.3) is 28.2 Å². The van der Waals surface area contributed by atoms with Crippen LogP contribution in [-0.2, 0) is 16.5 Å². The van der Waals surface area contributed by atoms with Gasteiger partial charge in [-0.2, -0.15) is 21.6 Å². The Morgan fingerprint density at radius 3 is 2.27 bits per heavy atom. The van der Waals surface area contributed by atoms with Crippen LogP contribution in [0.5, 0.6) is 5.75 Å². The first-order valence-electron chi connectivity index (χ1n) is 11.6. The molecule has 1 atom stereocenters. The van der Waals surface area contributed by atoms with Gasteiger partial charge in [0.15, 0.2) is 5.76 Å². The van der Waals surface area contributed by atoms with E-state index < -0.39 is 15.6 Å². The minimum Gasteiger partial charge on any atom is -0.436 e. The van der Waals surface area contributed by atoms with E-state index in [2.05, 4.69) is 10.3 Å². The summed E-state index contributed by atoms with van der Waals surface area (Å²) >= 11 is 0. The third kappa shape index (κ3) is 5.32. The Bertz CT molecular complexity index is 1470. The van der Waals surface area contributed by atoms with Crippen molar-refractivity contribution in [2.24, 2.45) is 5.92 Å². The smallest absolute Gasteiger partial charge is 0.436 e. The third-order valence-corrected chi connectivity index (χ3v) is 7.13. The lowest BCUT2D eigenvalue weighted by molar-refractivity contribution is -0.0500. The Labute approximate surface area is 212 Å². The van der Waals surface area contributed by atoms with Crippen molar-refractivity contribution >= 4 is 15.7 Å². The normalized spacial score (nSPS) is 16.0. The van der Waals surface area contributed by atoms with Crippen LogP contribution in [-0.4, -0.2) is 18.9 Å². The van der Waals surface area contributed by atoms with Gasteiger partial charge in [-0.1, -0.05) is 78.9 Å². The molecule has 5 nitrogen and oxygen atoms in total. The summed E-state index contributed by atoms with van der Waals surface area (Å²) in [5, 5.41) is 0. The summed E-state index contributed by atoms with van der Waals surface area (Å²) in [4.78, 5) is 4.86. The number of oxazole rings is 1.